The first-order valence-corrected chi connectivity index (χ1v) is 14.1. The van der Waals surface area contributed by atoms with Crippen LogP contribution >= 0.6 is 12.2 Å². The molecule has 0 aliphatic carbocycles. The summed E-state index contributed by atoms with van der Waals surface area (Å²) >= 11 is 5.75. The normalized spacial score (nSPS) is 17.2. The van der Waals surface area contributed by atoms with Crippen molar-refractivity contribution in [3.63, 3.8) is 0 Å². The highest BCUT2D eigenvalue weighted by atomic mass is 32.1. The van der Waals surface area contributed by atoms with E-state index in [0.717, 1.165) is 76.1 Å². The third-order valence-electron chi connectivity index (χ3n) is 7.78. The number of alkyl halides is 3. The summed E-state index contributed by atoms with van der Waals surface area (Å²) in [6, 6.07) is 14.5. The Balaban J connectivity index is 0.00000441. The number of piperazine rings is 1. The summed E-state index contributed by atoms with van der Waals surface area (Å²) in [7, 11) is 0. The van der Waals surface area contributed by atoms with Crippen molar-refractivity contribution in [2.45, 2.75) is 65.1 Å². The maximum atomic E-state index is 13.3. The zero-order chi connectivity index (χ0) is 28.2. The molecule has 4 rings (SSSR count). The monoisotopic (exact) mass is 573 g/mol. The fourth-order valence-electron chi connectivity index (χ4n) is 5.29. The van der Waals surface area contributed by atoms with Crippen molar-refractivity contribution < 1.29 is 13.2 Å². The van der Waals surface area contributed by atoms with Gasteiger partial charge in [0.2, 0.25) is 0 Å². The van der Waals surface area contributed by atoms with Crippen LogP contribution in [0, 0.1) is 11.3 Å². The lowest BCUT2D eigenvalue weighted by Crippen LogP contribution is -2.48. The average Bonchev–Trinajstić information content (AvgIpc) is 2.91. The molecule has 0 saturated carbocycles. The average molecular weight is 574 g/mol. The first kappa shape index (κ1) is 31.7. The Morgan fingerprint density at radius 1 is 0.975 bits per heavy atom. The molecule has 9 heteroatoms. The van der Waals surface area contributed by atoms with Crippen LogP contribution in [-0.4, -0.2) is 66.6 Å². The molecule has 218 valence electrons. The van der Waals surface area contributed by atoms with Crippen molar-refractivity contribution in [3.05, 3.63) is 59.2 Å². The minimum Gasteiger partial charge on any atom is -0.382 e. The Labute approximate surface area is 242 Å². The van der Waals surface area contributed by atoms with Gasteiger partial charge in [0.25, 0.3) is 0 Å². The Kier molecular flexibility index (Phi) is 10.5. The standard InChI is InChI=1S/C30H38F3N5S.CH4/c1-29(2,3)23-5-8-26(9-6-23)37-18-16-36(17-19-37)13-12-28(39)38-14-10-24(11-15-38)35-25-7-4-22(21-34)27(20-25)30(31,32)33;/h4-9,20,24,35H,10-19H2,1-3H3;1H4. The Morgan fingerprint density at radius 2 is 1.60 bits per heavy atom. The van der Waals surface area contributed by atoms with E-state index < -0.39 is 11.7 Å². The number of rotatable bonds is 6. The van der Waals surface area contributed by atoms with Gasteiger partial charge >= 0.3 is 6.18 Å². The lowest BCUT2D eigenvalue weighted by atomic mass is 9.87. The Bertz CT molecular complexity index is 1170. The van der Waals surface area contributed by atoms with E-state index in [4.69, 9.17) is 17.5 Å². The zero-order valence-corrected chi connectivity index (χ0v) is 23.8. The smallest absolute Gasteiger partial charge is 0.382 e. The van der Waals surface area contributed by atoms with E-state index in [2.05, 4.69) is 65.1 Å². The van der Waals surface area contributed by atoms with E-state index in [1.54, 1.807) is 12.1 Å². The predicted octanol–water partition coefficient (Wildman–Crippen LogP) is 6.93. The lowest BCUT2D eigenvalue weighted by Gasteiger charge is -2.38. The number of nitriles is 1. The molecule has 0 radical (unpaired) electrons. The second kappa shape index (κ2) is 13.2. The number of thiocarbonyl (C=S) groups is 1. The van der Waals surface area contributed by atoms with Gasteiger partial charge in [0, 0.05) is 69.7 Å². The summed E-state index contributed by atoms with van der Waals surface area (Å²) in [6.45, 7) is 13.3. The maximum Gasteiger partial charge on any atom is 0.417 e. The first-order chi connectivity index (χ1) is 18.4. The van der Waals surface area contributed by atoms with Gasteiger partial charge in [-0.15, -0.1) is 0 Å². The fourth-order valence-corrected chi connectivity index (χ4v) is 5.56. The van der Waals surface area contributed by atoms with Crippen LogP contribution in [0.25, 0.3) is 0 Å². The molecule has 1 N–H and O–H groups in total. The van der Waals surface area contributed by atoms with Gasteiger partial charge in [-0.1, -0.05) is 52.5 Å². The highest BCUT2D eigenvalue weighted by Gasteiger charge is 2.34. The molecule has 2 aliphatic heterocycles. The van der Waals surface area contributed by atoms with E-state index in [9.17, 15) is 13.2 Å². The summed E-state index contributed by atoms with van der Waals surface area (Å²) in [4.78, 5) is 8.13. The van der Waals surface area contributed by atoms with Crippen LogP contribution < -0.4 is 10.2 Å². The van der Waals surface area contributed by atoms with Gasteiger partial charge in [-0.25, -0.2) is 0 Å². The highest BCUT2D eigenvalue weighted by molar-refractivity contribution is 7.80. The Hall–Kier alpha value is -2.83. The molecule has 0 unspecified atom stereocenters. The molecule has 2 aromatic carbocycles. The summed E-state index contributed by atoms with van der Waals surface area (Å²) in [5.41, 5.74) is 1.94. The third kappa shape index (κ3) is 8.11. The van der Waals surface area contributed by atoms with Crippen molar-refractivity contribution >= 4 is 28.6 Å². The van der Waals surface area contributed by atoms with Crippen LogP contribution in [-0.2, 0) is 11.6 Å². The summed E-state index contributed by atoms with van der Waals surface area (Å²) in [6.07, 6.45) is -2.11. The minimum absolute atomic E-state index is 0. The quantitative estimate of drug-likeness (QED) is 0.378. The van der Waals surface area contributed by atoms with Gasteiger partial charge in [0.15, 0.2) is 0 Å². The van der Waals surface area contributed by atoms with Crippen LogP contribution in [0.1, 0.15) is 64.2 Å². The molecule has 5 nitrogen and oxygen atoms in total. The van der Waals surface area contributed by atoms with Crippen LogP contribution in [0.15, 0.2) is 42.5 Å². The van der Waals surface area contributed by atoms with Crippen molar-refractivity contribution in [2.24, 2.45) is 0 Å². The number of likely N-dealkylation sites (tertiary alicyclic amines) is 1. The number of nitrogens with one attached hydrogen (secondary N) is 1. The first-order valence-electron chi connectivity index (χ1n) is 13.7. The molecule has 2 fully saturated rings. The van der Waals surface area contributed by atoms with E-state index >= 15 is 0 Å². The largest absolute Gasteiger partial charge is 0.417 e. The van der Waals surface area contributed by atoms with Crippen LogP contribution in [0.2, 0.25) is 0 Å². The molecule has 2 heterocycles. The van der Waals surface area contributed by atoms with E-state index in [1.165, 1.54) is 17.3 Å². The van der Waals surface area contributed by atoms with E-state index in [1.807, 2.05) is 0 Å². The SMILES string of the molecule is C.CC(C)(C)c1ccc(N2CCN(CCC(=S)N3CCC(Nc4ccc(C#N)c(C(F)(F)F)c4)CC3)CC2)cc1. The molecule has 0 bridgehead atoms. The number of nitrogens with zero attached hydrogens (tertiary/aromatic N) is 4. The number of hydrogen-bond donors (Lipinski definition) is 1. The number of piperidine rings is 1. The molecule has 0 atom stereocenters. The molecule has 2 aromatic rings. The Morgan fingerprint density at radius 3 is 2.15 bits per heavy atom. The predicted molar refractivity (Wildman–Crippen MR) is 162 cm³/mol. The molecular weight excluding hydrogens is 531 g/mol. The minimum atomic E-state index is -4.55. The molecule has 2 saturated heterocycles. The van der Waals surface area contributed by atoms with Gasteiger partial charge in [-0.3, -0.25) is 4.90 Å². The van der Waals surface area contributed by atoms with E-state index in [-0.39, 0.29) is 24.4 Å². The molecule has 40 heavy (non-hydrogen) atoms. The number of benzene rings is 2. The molecule has 0 amide bonds. The van der Waals surface area contributed by atoms with Crippen molar-refractivity contribution in [2.75, 3.05) is 56.0 Å². The zero-order valence-electron chi connectivity index (χ0n) is 23.0. The van der Waals surface area contributed by atoms with Gasteiger partial charge in [0.05, 0.1) is 22.2 Å². The van der Waals surface area contributed by atoms with Gasteiger partial charge in [0.1, 0.15) is 0 Å². The number of anilines is 2. The summed E-state index contributed by atoms with van der Waals surface area (Å²) < 4.78 is 39.8. The number of hydrogen-bond acceptors (Lipinski definition) is 5. The highest BCUT2D eigenvalue weighted by Crippen LogP contribution is 2.34. The van der Waals surface area contributed by atoms with Gasteiger partial charge in [-0.05, 0) is 54.2 Å². The van der Waals surface area contributed by atoms with Crippen molar-refractivity contribution in [1.82, 2.24) is 9.80 Å². The second-order valence-corrected chi connectivity index (χ2v) is 12.0. The second-order valence-electron chi connectivity index (χ2n) is 11.5. The number of halogens is 3. The fraction of sp³-hybridized carbons (Fsp3) is 0.548. The van der Waals surface area contributed by atoms with E-state index in [0.29, 0.717) is 5.69 Å². The van der Waals surface area contributed by atoms with Crippen LogP contribution in [0.5, 0.6) is 0 Å². The molecule has 0 spiro atoms. The third-order valence-corrected chi connectivity index (χ3v) is 8.24. The maximum absolute atomic E-state index is 13.3. The van der Waals surface area contributed by atoms with Crippen LogP contribution in [0.4, 0.5) is 24.5 Å². The van der Waals surface area contributed by atoms with Crippen molar-refractivity contribution in [1.29, 1.82) is 5.26 Å². The van der Waals surface area contributed by atoms with Crippen LogP contribution in [0.3, 0.4) is 0 Å². The molecule has 0 aromatic heterocycles. The van der Waals surface area contributed by atoms with Gasteiger partial charge in [-0.2, -0.15) is 18.4 Å². The topological polar surface area (TPSA) is 45.5 Å². The summed E-state index contributed by atoms with van der Waals surface area (Å²) in [5, 5.41) is 12.2. The lowest BCUT2D eigenvalue weighted by molar-refractivity contribution is -0.137. The molecule has 2 aliphatic rings. The van der Waals surface area contributed by atoms with Crippen molar-refractivity contribution in [3.8, 4) is 6.07 Å². The van der Waals surface area contributed by atoms with Gasteiger partial charge < -0.3 is 15.1 Å². The molecular formula is C31H42F3N5S. The summed E-state index contributed by atoms with van der Waals surface area (Å²) in [5.74, 6) is 0.